The van der Waals surface area contributed by atoms with Crippen molar-refractivity contribution in [2.45, 2.75) is 19.4 Å². The van der Waals surface area contributed by atoms with Crippen LogP contribution >= 0.6 is 11.6 Å². The minimum atomic E-state index is -0.0849. The zero-order chi connectivity index (χ0) is 16.4. The Morgan fingerprint density at radius 3 is 2.91 bits per heavy atom. The number of pyridine rings is 1. The molecule has 0 bridgehead atoms. The predicted molar refractivity (Wildman–Crippen MR) is 84.4 cm³/mol. The minimum Gasteiger partial charge on any atom is -0.379 e. The van der Waals surface area contributed by atoms with Crippen LogP contribution in [0.2, 0.25) is 5.02 Å². The number of rotatable bonds is 4. The van der Waals surface area contributed by atoms with Gasteiger partial charge in [0.05, 0.1) is 22.4 Å². The fourth-order valence-corrected chi connectivity index (χ4v) is 3.13. The van der Waals surface area contributed by atoms with Gasteiger partial charge in [-0.25, -0.2) is 0 Å². The van der Waals surface area contributed by atoms with Crippen molar-refractivity contribution < 1.29 is 14.1 Å². The molecule has 1 fully saturated rings. The first-order valence-corrected chi connectivity index (χ1v) is 7.79. The van der Waals surface area contributed by atoms with Crippen LogP contribution in [0.3, 0.4) is 0 Å². The molecule has 122 valence electrons. The Morgan fingerprint density at radius 2 is 2.26 bits per heavy atom. The van der Waals surface area contributed by atoms with Gasteiger partial charge in [0.25, 0.3) is 5.91 Å². The predicted octanol–water partition coefficient (Wildman–Crippen LogP) is 2.36. The van der Waals surface area contributed by atoms with Crippen LogP contribution in [0.1, 0.15) is 21.8 Å². The Kier molecular flexibility index (Phi) is 4.63. The molecule has 0 unspecified atom stereocenters. The lowest BCUT2D eigenvalue weighted by Crippen LogP contribution is -2.30. The van der Waals surface area contributed by atoms with Crippen LogP contribution in [0, 0.1) is 12.8 Å². The van der Waals surface area contributed by atoms with E-state index in [-0.39, 0.29) is 17.9 Å². The van der Waals surface area contributed by atoms with E-state index in [2.05, 4.69) is 10.1 Å². The van der Waals surface area contributed by atoms with E-state index in [0.717, 1.165) is 11.5 Å². The lowest BCUT2D eigenvalue weighted by molar-refractivity contribution is 0.0672. The second-order valence-corrected chi connectivity index (χ2v) is 6.21. The summed E-state index contributed by atoms with van der Waals surface area (Å²) in [5.41, 5.74) is 1.34. The molecule has 1 saturated heterocycles. The summed E-state index contributed by atoms with van der Waals surface area (Å²) >= 11 is 5.91. The summed E-state index contributed by atoms with van der Waals surface area (Å²) < 4.78 is 10.8. The van der Waals surface area contributed by atoms with Crippen LogP contribution in [0.5, 0.6) is 0 Å². The van der Waals surface area contributed by atoms with Crippen LogP contribution in [-0.2, 0) is 11.2 Å². The summed E-state index contributed by atoms with van der Waals surface area (Å²) in [7, 11) is 1.66. The van der Waals surface area contributed by atoms with Crippen molar-refractivity contribution in [1.29, 1.82) is 0 Å². The number of aryl methyl sites for hydroxylation is 1. The summed E-state index contributed by atoms with van der Waals surface area (Å²) in [5, 5.41) is 4.35. The number of hydrogen-bond acceptors (Lipinski definition) is 5. The third-order valence-corrected chi connectivity index (χ3v) is 4.27. The van der Waals surface area contributed by atoms with Gasteiger partial charge in [-0.2, -0.15) is 0 Å². The molecule has 1 aliphatic heterocycles. The van der Waals surface area contributed by atoms with E-state index in [0.29, 0.717) is 30.1 Å². The first-order valence-electron chi connectivity index (χ1n) is 7.41. The van der Waals surface area contributed by atoms with Crippen molar-refractivity contribution in [1.82, 2.24) is 15.0 Å². The average molecular weight is 336 g/mol. The van der Waals surface area contributed by atoms with E-state index in [1.54, 1.807) is 18.1 Å². The summed E-state index contributed by atoms with van der Waals surface area (Å²) in [6.45, 7) is 3.03. The Bertz CT molecular complexity index is 703. The largest absolute Gasteiger partial charge is 0.379 e. The molecule has 23 heavy (non-hydrogen) atoms. The molecule has 2 aromatic heterocycles. The van der Waals surface area contributed by atoms with Gasteiger partial charge in [0.2, 0.25) is 0 Å². The summed E-state index contributed by atoms with van der Waals surface area (Å²) in [5.74, 6) is 0.898. The molecule has 2 aromatic rings. The third kappa shape index (κ3) is 3.54. The van der Waals surface area contributed by atoms with Gasteiger partial charge in [-0.05, 0) is 13.0 Å². The number of halogens is 1. The Hall–Kier alpha value is -1.92. The lowest BCUT2D eigenvalue weighted by Gasteiger charge is -2.15. The number of aromatic nitrogens is 2. The minimum absolute atomic E-state index is 0.0310. The highest BCUT2D eigenvalue weighted by molar-refractivity contribution is 6.30. The Labute approximate surface area is 139 Å². The second-order valence-electron chi connectivity index (χ2n) is 5.77. The van der Waals surface area contributed by atoms with E-state index >= 15 is 0 Å². The fourth-order valence-electron chi connectivity index (χ4n) is 2.95. The van der Waals surface area contributed by atoms with Crippen molar-refractivity contribution in [3.63, 3.8) is 0 Å². The van der Waals surface area contributed by atoms with E-state index in [1.165, 1.54) is 12.4 Å². The molecule has 6 nitrogen and oxygen atoms in total. The molecule has 0 aromatic carbocycles. The monoisotopic (exact) mass is 335 g/mol. The first kappa shape index (κ1) is 16.0. The highest BCUT2D eigenvalue weighted by Crippen LogP contribution is 2.25. The number of carbonyl (C=O) groups is 1. The van der Waals surface area contributed by atoms with E-state index in [9.17, 15) is 4.79 Å². The van der Waals surface area contributed by atoms with Crippen LogP contribution in [0.15, 0.2) is 29.0 Å². The van der Waals surface area contributed by atoms with E-state index < -0.39 is 0 Å². The van der Waals surface area contributed by atoms with Gasteiger partial charge < -0.3 is 14.2 Å². The van der Waals surface area contributed by atoms with Crippen LogP contribution in [-0.4, -0.2) is 47.3 Å². The number of ether oxygens (including phenoxy) is 1. The SMILES string of the molecule is CO[C@H]1CN(C(=O)c2cncc(Cl)c2)C[C@H]1Cc1cc(C)no1. The maximum atomic E-state index is 12.6. The van der Waals surface area contributed by atoms with Crippen molar-refractivity contribution >= 4 is 17.5 Å². The first-order chi connectivity index (χ1) is 11.1. The number of hydrogen-bond donors (Lipinski definition) is 0. The van der Waals surface area contributed by atoms with Gasteiger partial charge in [0.1, 0.15) is 5.76 Å². The molecule has 3 heterocycles. The summed E-state index contributed by atoms with van der Waals surface area (Å²) in [6, 6.07) is 3.55. The van der Waals surface area contributed by atoms with Gasteiger partial charge in [-0.3, -0.25) is 9.78 Å². The molecule has 0 radical (unpaired) electrons. The lowest BCUT2D eigenvalue weighted by atomic mass is 10.0. The van der Waals surface area contributed by atoms with Crippen molar-refractivity contribution in [3.8, 4) is 0 Å². The zero-order valence-electron chi connectivity index (χ0n) is 13.0. The number of carbonyl (C=O) groups excluding carboxylic acids is 1. The van der Waals surface area contributed by atoms with Crippen molar-refractivity contribution in [2.24, 2.45) is 5.92 Å². The number of likely N-dealkylation sites (tertiary alicyclic amines) is 1. The van der Waals surface area contributed by atoms with Crippen LogP contribution in [0.4, 0.5) is 0 Å². The van der Waals surface area contributed by atoms with E-state index in [1.807, 2.05) is 13.0 Å². The highest BCUT2D eigenvalue weighted by atomic mass is 35.5. The quantitative estimate of drug-likeness (QED) is 0.858. The molecule has 0 aliphatic carbocycles. The number of amides is 1. The van der Waals surface area contributed by atoms with Crippen molar-refractivity contribution in [3.05, 3.63) is 46.6 Å². The molecule has 7 heteroatoms. The van der Waals surface area contributed by atoms with Crippen molar-refractivity contribution in [2.75, 3.05) is 20.2 Å². The summed E-state index contributed by atoms with van der Waals surface area (Å²) in [6.07, 6.45) is 3.70. The van der Waals surface area contributed by atoms with Crippen LogP contribution < -0.4 is 0 Å². The van der Waals surface area contributed by atoms with E-state index in [4.69, 9.17) is 20.9 Å². The molecule has 1 amide bonds. The standard InChI is InChI=1S/C16H18ClN3O3/c1-10-3-14(23-19-10)5-12-8-20(9-15(12)22-2)16(21)11-4-13(17)7-18-6-11/h3-4,6-7,12,15H,5,8-9H2,1-2H3/t12-,15+/m1/s1. The summed E-state index contributed by atoms with van der Waals surface area (Å²) in [4.78, 5) is 18.3. The molecule has 0 N–H and O–H groups in total. The fraction of sp³-hybridized carbons (Fsp3) is 0.438. The molecule has 0 spiro atoms. The van der Waals surface area contributed by atoms with Gasteiger partial charge in [-0.15, -0.1) is 0 Å². The maximum Gasteiger partial charge on any atom is 0.255 e. The number of methoxy groups -OCH3 is 1. The van der Waals surface area contributed by atoms with Gasteiger partial charge in [0.15, 0.2) is 0 Å². The third-order valence-electron chi connectivity index (χ3n) is 4.06. The smallest absolute Gasteiger partial charge is 0.255 e. The molecular formula is C16H18ClN3O3. The molecule has 3 rings (SSSR count). The topological polar surface area (TPSA) is 68.5 Å². The molecular weight excluding hydrogens is 318 g/mol. The molecule has 2 atom stereocenters. The molecule has 1 aliphatic rings. The Morgan fingerprint density at radius 1 is 1.43 bits per heavy atom. The van der Waals surface area contributed by atoms with Crippen LogP contribution in [0.25, 0.3) is 0 Å². The van der Waals surface area contributed by atoms with Gasteiger partial charge in [-0.1, -0.05) is 16.8 Å². The second kappa shape index (κ2) is 6.68. The average Bonchev–Trinajstić information content (AvgIpc) is 3.13. The number of nitrogens with zero attached hydrogens (tertiary/aromatic N) is 3. The molecule has 0 saturated carbocycles. The highest BCUT2D eigenvalue weighted by Gasteiger charge is 2.36. The Balaban J connectivity index is 1.72. The normalized spacial score (nSPS) is 20.9. The van der Waals surface area contributed by atoms with Gasteiger partial charge >= 0.3 is 0 Å². The maximum absolute atomic E-state index is 12.6. The zero-order valence-corrected chi connectivity index (χ0v) is 13.8. The van der Waals surface area contributed by atoms with Gasteiger partial charge in [0, 0.05) is 51.0 Å².